The zero-order chi connectivity index (χ0) is 18.9. The molecule has 4 aromatic rings. The molecule has 5 rings (SSSR count). The minimum Gasteiger partial charge on any atom is -0.272 e. The summed E-state index contributed by atoms with van der Waals surface area (Å²) in [7, 11) is 1.94. The highest BCUT2D eigenvalue weighted by molar-refractivity contribution is 7.19. The number of thiophene rings is 1. The Morgan fingerprint density at radius 2 is 2.04 bits per heavy atom. The van der Waals surface area contributed by atoms with Crippen molar-refractivity contribution >= 4 is 27.2 Å². The molecule has 1 aliphatic rings. The summed E-state index contributed by atoms with van der Waals surface area (Å²) in [5.74, 6) is 1.38. The van der Waals surface area contributed by atoms with Gasteiger partial charge in [0.2, 0.25) is 5.82 Å². The van der Waals surface area contributed by atoms with E-state index in [4.69, 9.17) is 4.98 Å². The molecule has 0 bridgehead atoms. The first kappa shape index (κ1) is 16.9. The number of aromatic nitrogens is 6. The number of hydrogen-bond donors (Lipinski definition) is 0. The van der Waals surface area contributed by atoms with E-state index in [9.17, 15) is 0 Å². The van der Waals surface area contributed by atoms with Crippen molar-refractivity contribution < 1.29 is 0 Å². The molecule has 4 aromatic heterocycles. The first-order chi connectivity index (χ1) is 12.8. The maximum atomic E-state index is 4.86. The lowest BCUT2D eigenvalue weighted by atomic mass is 9.72. The van der Waals surface area contributed by atoms with E-state index in [1.54, 1.807) is 6.33 Å². The second-order valence-electron chi connectivity index (χ2n) is 8.73. The maximum Gasteiger partial charge on any atom is 0.202 e. The Labute approximate surface area is 162 Å². The van der Waals surface area contributed by atoms with Crippen LogP contribution >= 0.6 is 11.3 Å². The van der Waals surface area contributed by atoms with E-state index in [0.717, 1.165) is 40.6 Å². The summed E-state index contributed by atoms with van der Waals surface area (Å²) in [4.78, 5) is 12.1. The van der Waals surface area contributed by atoms with E-state index in [0.29, 0.717) is 11.2 Å². The molecule has 1 aliphatic carbocycles. The van der Waals surface area contributed by atoms with Crippen LogP contribution in [0.25, 0.3) is 27.4 Å². The average molecular weight is 381 g/mol. The SMILES string of the molecule is Cc1cc(-c2nc3c4c5c(sc4ncn3n2)CC(C(C)(C)C)CC5)nn1C. The lowest BCUT2D eigenvalue weighted by molar-refractivity contribution is 0.218. The van der Waals surface area contributed by atoms with E-state index in [2.05, 4.69) is 36.0 Å². The molecule has 0 saturated carbocycles. The summed E-state index contributed by atoms with van der Waals surface area (Å²) >= 11 is 1.83. The van der Waals surface area contributed by atoms with Crippen LogP contribution < -0.4 is 0 Å². The van der Waals surface area contributed by atoms with Gasteiger partial charge in [-0.3, -0.25) is 4.68 Å². The predicted octanol–water partition coefficient (Wildman–Crippen LogP) is 4.20. The Kier molecular flexibility index (Phi) is 3.50. The molecule has 27 heavy (non-hydrogen) atoms. The van der Waals surface area contributed by atoms with Gasteiger partial charge in [0.15, 0.2) is 5.65 Å². The Morgan fingerprint density at radius 3 is 2.74 bits per heavy atom. The molecule has 0 N–H and O–H groups in total. The van der Waals surface area contributed by atoms with E-state index in [1.165, 1.54) is 22.2 Å². The third-order valence-electron chi connectivity index (χ3n) is 5.95. The van der Waals surface area contributed by atoms with Crippen molar-refractivity contribution in [3.63, 3.8) is 0 Å². The van der Waals surface area contributed by atoms with Crippen LogP contribution in [0.1, 0.15) is 43.3 Å². The van der Waals surface area contributed by atoms with E-state index in [-0.39, 0.29) is 0 Å². The molecule has 0 amide bonds. The summed E-state index contributed by atoms with van der Waals surface area (Å²) in [6.07, 6.45) is 5.26. The molecule has 0 saturated heterocycles. The molecule has 0 fully saturated rings. The van der Waals surface area contributed by atoms with Crippen molar-refractivity contribution in [2.75, 3.05) is 0 Å². The zero-order valence-electron chi connectivity index (χ0n) is 16.4. The third kappa shape index (κ3) is 2.59. The first-order valence-electron chi connectivity index (χ1n) is 9.48. The molecule has 1 atom stereocenters. The maximum absolute atomic E-state index is 4.86. The van der Waals surface area contributed by atoms with Gasteiger partial charge in [0, 0.05) is 17.6 Å². The molecular weight excluding hydrogens is 356 g/mol. The fourth-order valence-electron chi connectivity index (χ4n) is 4.09. The van der Waals surface area contributed by atoms with Gasteiger partial charge < -0.3 is 0 Å². The lowest BCUT2D eigenvalue weighted by Gasteiger charge is -2.33. The van der Waals surface area contributed by atoms with Crippen molar-refractivity contribution in [3.8, 4) is 11.5 Å². The monoisotopic (exact) mass is 380 g/mol. The van der Waals surface area contributed by atoms with Gasteiger partial charge in [0.25, 0.3) is 0 Å². The fraction of sp³-hybridized carbons (Fsp3) is 0.500. The minimum absolute atomic E-state index is 0.343. The predicted molar refractivity (Wildman–Crippen MR) is 108 cm³/mol. The van der Waals surface area contributed by atoms with Crippen LogP contribution in [0, 0.1) is 18.3 Å². The number of aryl methyl sites for hydroxylation is 3. The van der Waals surface area contributed by atoms with Crippen molar-refractivity contribution in [1.82, 2.24) is 29.4 Å². The molecule has 7 heteroatoms. The van der Waals surface area contributed by atoms with Crippen LogP contribution in [-0.2, 0) is 19.9 Å². The van der Waals surface area contributed by atoms with Crippen LogP contribution in [-0.4, -0.2) is 29.4 Å². The number of rotatable bonds is 1. The van der Waals surface area contributed by atoms with E-state index >= 15 is 0 Å². The van der Waals surface area contributed by atoms with Crippen molar-refractivity contribution in [2.24, 2.45) is 18.4 Å². The largest absolute Gasteiger partial charge is 0.272 e. The summed E-state index contributed by atoms with van der Waals surface area (Å²) in [6.45, 7) is 9.09. The molecule has 0 aromatic carbocycles. The summed E-state index contributed by atoms with van der Waals surface area (Å²) in [5.41, 5.74) is 4.59. The van der Waals surface area contributed by atoms with Crippen LogP contribution in [0.15, 0.2) is 12.4 Å². The second kappa shape index (κ2) is 5.61. The molecule has 4 heterocycles. The van der Waals surface area contributed by atoms with Gasteiger partial charge >= 0.3 is 0 Å². The fourth-order valence-corrected chi connectivity index (χ4v) is 5.35. The molecule has 140 valence electrons. The lowest BCUT2D eigenvalue weighted by Crippen LogP contribution is -2.26. The Balaban J connectivity index is 1.66. The zero-order valence-corrected chi connectivity index (χ0v) is 17.3. The Morgan fingerprint density at radius 1 is 1.22 bits per heavy atom. The van der Waals surface area contributed by atoms with Gasteiger partial charge in [0.1, 0.15) is 16.9 Å². The standard InChI is InChI=1S/C20H24N6S/c1-11-8-14(23-25(11)5)17-22-18-16-13-7-6-12(20(2,3)4)9-15(13)27-19(16)21-10-26(18)24-17/h8,10,12H,6-7,9H2,1-5H3. The second-order valence-corrected chi connectivity index (χ2v) is 9.82. The molecule has 6 nitrogen and oxygen atoms in total. The molecule has 0 radical (unpaired) electrons. The van der Waals surface area contributed by atoms with E-state index < -0.39 is 0 Å². The highest BCUT2D eigenvalue weighted by atomic mass is 32.1. The normalized spacial score (nSPS) is 17.7. The molecular formula is C20H24N6S. The average Bonchev–Trinajstić information content (AvgIpc) is 3.28. The van der Waals surface area contributed by atoms with Crippen molar-refractivity contribution in [1.29, 1.82) is 0 Å². The van der Waals surface area contributed by atoms with Crippen molar-refractivity contribution in [2.45, 2.75) is 47.0 Å². The number of nitrogens with zero attached hydrogens (tertiary/aromatic N) is 6. The van der Waals surface area contributed by atoms with Gasteiger partial charge in [-0.25, -0.2) is 14.5 Å². The van der Waals surface area contributed by atoms with Gasteiger partial charge in [-0.2, -0.15) is 5.10 Å². The topological polar surface area (TPSA) is 60.9 Å². The molecule has 1 unspecified atom stereocenters. The summed E-state index contributed by atoms with van der Waals surface area (Å²) in [6, 6.07) is 2.02. The first-order valence-corrected chi connectivity index (χ1v) is 10.3. The van der Waals surface area contributed by atoms with Crippen LogP contribution in [0.3, 0.4) is 0 Å². The number of fused-ring (bicyclic) bond motifs is 5. The molecule has 0 spiro atoms. The third-order valence-corrected chi connectivity index (χ3v) is 7.12. The van der Waals surface area contributed by atoms with Gasteiger partial charge in [-0.15, -0.1) is 16.4 Å². The minimum atomic E-state index is 0.343. The van der Waals surface area contributed by atoms with Gasteiger partial charge in [0.05, 0.1) is 5.39 Å². The highest BCUT2D eigenvalue weighted by Gasteiger charge is 2.31. The van der Waals surface area contributed by atoms with Crippen LogP contribution in [0.5, 0.6) is 0 Å². The summed E-state index contributed by atoms with van der Waals surface area (Å²) < 4.78 is 3.67. The Hall–Kier alpha value is -2.28. The Bertz CT molecular complexity index is 1150. The molecule has 0 aliphatic heterocycles. The highest BCUT2D eigenvalue weighted by Crippen LogP contribution is 2.43. The van der Waals surface area contributed by atoms with Gasteiger partial charge in [-0.05, 0) is 49.1 Å². The summed E-state index contributed by atoms with van der Waals surface area (Å²) in [5, 5.41) is 10.4. The van der Waals surface area contributed by atoms with Crippen molar-refractivity contribution in [3.05, 3.63) is 28.5 Å². The smallest absolute Gasteiger partial charge is 0.202 e. The van der Waals surface area contributed by atoms with Crippen LogP contribution in [0.4, 0.5) is 0 Å². The van der Waals surface area contributed by atoms with E-state index in [1.807, 2.05) is 40.6 Å². The van der Waals surface area contributed by atoms with Crippen LogP contribution in [0.2, 0.25) is 0 Å². The number of hydrogen-bond acceptors (Lipinski definition) is 5. The van der Waals surface area contributed by atoms with Gasteiger partial charge in [-0.1, -0.05) is 20.8 Å². The quantitative estimate of drug-likeness (QED) is 0.496.